The lowest BCUT2D eigenvalue weighted by molar-refractivity contribution is 0.365. The molecule has 0 spiro atoms. The average molecular weight is 331 g/mol. The van der Waals surface area contributed by atoms with Crippen molar-refractivity contribution in [2.24, 2.45) is 7.05 Å². The van der Waals surface area contributed by atoms with Crippen LogP contribution in [0.5, 0.6) is 0 Å². The maximum Gasteiger partial charge on any atom is 0.318 e. The van der Waals surface area contributed by atoms with Crippen LogP contribution >= 0.6 is 24.0 Å². The van der Waals surface area contributed by atoms with Crippen molar-refractivity contribution in [3.63, 3.8) is 0 Å². The molecule has 2 aromatic heterocycles. The summed E-state index contributed by atoms with van der Waals surface area (Å²) in [7, 11) is 1.58. The molecule has 2 aromatic rings. The lowest BCUT2D eigenvalue weighted by Gasteiger charge is -2.25. The van der Waals surface area contributed by atoms with E-state index in [0.717, 1.165) is 25.9 Å². The van der Waals surface area contributed by atoms with E-state index in [1.54, 1.807) is 19.2 Å². The lowest BCUT2D eigenvalue weighted by atomic mass is 10.1. The monoisotopic (exact) mass is 330 g/mol. The smallest absolute Gasteiger partial charge is 0.317 e. The zero-order chi connectivity index (χ0) is 14.3. The molecule has 0 aromatic carbocycles. The molecule has 0 unspecified atom stereocenters. The van der Waals surface area contributed by atoms with Crippen molar-refractivity contribution in [2.45, 2.75) is 18.9 Å². The van der Waals surface area contributed by atoms with Crippen LogP contribution in [0, 0.1) is 0 Å². The van der Waals surface area contributed by atoms with Gasteiger partial charge < -0.3 is 9.88 Å². The summed E-state index contributed by atoms with van der Waals surface area (Å²) in [6.07, 6.45) is 1.60. The number of aryl methyl sites for hydroxylation is 1. The predicted octanol–water partition coefficient (Wildman–Crippen LogP) is 1.09. The number of halogens is 2. The number of hydrogen-bond donors (Lipinski definition) is 1. The second-order valence-electron chi connectivity index (χ2n) is 5.00. The van der Waals surface area contributed by atoms with E-state index in [0.29, 0.717) is 16.3 Å². The van der Waals surface area contributed by atoms with E-state index < -0.39 is 11.1 Å². The third-order valence-electron chi connectivity index (χ3n) is 3.79. The Hall–Kier alpha value is -1.37. The molecule has 0 radical (unpaired) electrons. The minimum Gasteiger partial charge on any atom is -0.317 e. The van der Waals surface area contributed by atoms with Gasteiger partial charge in [0.2, 0.25) is 0 Å². The second-order valence-corrected chi connectivity index (χ2v) is 5.38. The van der Waals surface area contributed by atoms with Crippen molar-refractivity contribution in [1.29, 1.82) is 0 Å². The quantitative estimate of drug-likeness (QED) is 0.628. The topological polar surface area (TPSA) is 68.9 Å². The minimum absolute atomic E-state index is 0. The van der Waals surface area contributed by atoms with E-state index in [-0.39, 0.29) is 18.4 Å². The van der Waals surface area contributed by atoms with Crippen molar-refractivity contribution >= 4 is 35.2 Å². The van der Waals surface area contributed by atoms with Crippen LogP contribution in [0.1, 0.15) is 18.9 Å². The molecular formula is C13H16Cl2N4O2. The number of aromatic nitrogens is 3. The summed E-state index contributed by atoms with van der Waals surface area (Å²) in [5.41, 5.74) is 0.0517. The fourth-order valence-corrected chi connectivity index (χ4v) is 2.86. The van der Waals surface area contributed by atoms with Crippen molar-refractivity contribution in [2.75, 3.05) is 13.1 Å². The molecule has 21 heavy (non-hydrogen) atoms. The Kier molecular flexibility index (Phi) is 4.70. The Balaban J connectivity index is 0.00000161. The summed E-state index contributed by atoms with van der Waals surface area (Å²) >= 11 is 5.95. The van der Waals surface area contributed by atoms with Crippen molar-refractivity contribution < 1.29 is 0 Å². The van der Waals surface area contributed by atoms with Gasteiger partial charge in [0, 0.05) is 13.1 Å². The van der Waals surface area contributed by atoms with Gasteiger partial charge in [-0.2, -0.15) is 0 Å². The highest BCUT2D eigenvalue weighted by molar-refractivity contribution is 6.29. The van der Waals surface area contributed by atoms with E-state index in [1.165, 1.54) is 9.13 Å². The lowest BCUT2D eigenvalue weighted by Crippen LogP contribution is -2.44. The molecule has 0 amide bonds. The van der Waals surface area contributed by atoms with Gasteiger partial charge in [-0.05, 0) is 38.1 Å². The zero-order valence-corrected chi connectivity index (χ0v) is 13.1. The van der Waals surface area contributed by atoms with Gasteiger partial charge in [0.05, 0.1) is 5.52 Å². The molecule has 1 aliphatic heterocycles. The maximum atomic E-state index is 12.3. The van der Waals surface area contributed by atoms with Crippen LogP contribution in [0.15, 0.2) is 21.7 Å². The standard InChI is InChI=1S/C13H15ClN4O2.ClH/c1-17-9-2-3-10(14)16-11(9)18(13(20)12(17)19)8-4-6-15-7-5-8;/h2-3,8,15H,4-7H2,1H3;1H. The molecule has 0 aliphatic carbocycles. The first kappa shape index (κ1) is 16.0. The third-order valence-corrected chi connectivity index (χ3v) is 4.00. The minimum atomic E-state index is -0.528. The van der Waals surface area contributed by atoms with E-state index in [9.17, 15) is 9.59 Å². The Bertz CT molecular complexity index is 778. The number of fused-ring (bicyclic) bond motifs is 1. The number of hydrogen-bond acceptors (Lipinski definition) is 4. The highest BCUT2D eigenvalue weighted by Crippen LogP contribution is 2.21. The van der Waals surface area contributed by atoms with Gasteiger partial charge in [-0.15, -0.1) is 12.4 Å². The predicted molar refractivity (Wildman–Crippen MR) is 84.6 cm³/mol. The van der Waals surface area contributed by atoms with Gasteiger partial charge in [0.25, 0.3) is 0 Å². The molecule has 1 N–H and O–H groups in total. The fraction of sp³-hybridized carbons (Fsp3) is 0.462. The Morgan fingerprint density at radius 3 is 2.57 bits per heavy atom. The summed E-state index contributed by atoms with van der Waals surface area (Å²) in [6, 6.07) is 3.34. The van der Waals surface area contributed by atoms with Crippen LogP contribution in [0.3, 0.4) is 0 Å². The molecule has 6 nitrogen and oxygen atoms in total. The Morgan fingerprint density at radius 2 is 1.90 bits per heavy atom. The summed E-state index contributed by atoms with van der Waals surface area (Å²) in [5, 5.41) is 3.56. The van der Waals surface area contributed by atoms with Crippen LogP contribution < -0.4 is 16.4 Å². The molecule has 114 valence electrons. The van der Waals surface area contributed by atoms with E-state index in [4.69, 9.17) is 11.6 Å². The largest absolute Gasteiger partial charge is 0.318 e. The van der Waals surface area contributed by atoms with Crippen molar-refractivity contribution in [3.8, 4) is 0 Å². The van der Waals surface area contributed by atoms with Gasteiger partial charge in [-0.3, -0.25) is 14.2 Å². The number of piperidine rings is 1. The Labute approximate surface area is 132 Å². The zero-order valence-electron chi connectivity index (χ0n) is 11.5. The molecular weight excluding hydrogens is 315 g/mol. The van der Waals surface area contributed by atoms with Crippen LogP contribution in [-0.2, 0) is 7.05 Å². The molecule has 8 heteroatoms. The van der Waals surface area contributed by atoms with E-state index in [2.05, 4.69) is 10.3 Å². The number of pyridine rings is 1. The van der Waals surface area contributed by atoms with Crippen LogP contribution in [0.4, 0.5) is 0 Å². The first-order chi connectivity index (χ1) is 9.59. The van der Waals surface area contributed by atoms with Crippen molar-refractivity contribution in [1.82, 2.24) is 19.4 Å². The summed E-state index contributed by atoms with van der Waals surface area (Å²) in [4.78, 5) is 28.7. The van der Waals surface area contributed by atoms with E-state index >= 15 is 0 Å². The van der Waals surface area contributed by atoms with Crippen LogP contribution in [-0.4, -0.2) is 27.2 Å². The molecule has 0 saturated carbocycles. The SMILES string of the molecule is Cl.Cn1c(=O)c(=O)n(C2CCNCC2)c2nc(Cl)ccc21. The fourth-order valence-electron chi connectivity index (χ4n) is 2.71. The molecule has 0 bridgehead atoms. The van der Waals surface area contributed by atoms with Gasteiger partial charge in [-0.1, -0.05) is 11.6 Å². The second kappa shape index (κ2) is 6.17. The first-order valence-electron chi connectivity index (χ1n) is 6.58. The van der Waals surface area contributed by atoms with Gasteiger partial charge in [0.1, 0.15) is 5.15 Å². The summed E-state index contributed by atoms with van der Waals surface area (Å²) < 4.78 is 2.85. The Morgan fingerprint density at radius 1 is 1.24 bits per heavy atom. The van der Waals surface area contributed by atoms with Crippen LogP contribution in [0.2, 0.25) is 5.15 Å². The number of rotatable bonds is 1. The molecule has 1 saturated heterocycles. The maximum absolute atomic E-state index is 12.3. The number of nitrogens with one attached hydrogen (secondary N) is 1. The highest BCUT2D eigenvalue weighted by Gasteiger charge is 2.21. The van der Waals surface area contributed by atoms with Crippen LogP contribution in [0.25, 0.3) is 11.2 Å². The highest BCUT2D eigenvalue weighted by atomic mass is 35.5. The average Bonchev–Trinajstić information content (AvgIpc) is 2.46. The van der Waals surface area contributed by atoms with Gasteiger partial charge >= 0.3 is 11.1 Å². The van der Waals surface area contributed by atoms with Gasteiger partial charge in [-0.25, -0.2) is 4.98 Å². The molecule has 3 heterocycles. The van der Waals surface area contributed by atoms with Gasteiger partial charge in [0.15, 0.2) is 5.65 Å². The third kappa shape index (κ3) is 2.71. The number of nitrogens with zero attached hydrogens (tertiary/aromatic N) is 3. The molecule has 3 rings (SSSR count). The van der Waals surface area contributed by atoms with Crippen molar-refractivity contribution in [3.05, 3.63) is 38.0 Å². The summed E-state index contributed by atoms with van der Waals surface area (Å²) in [5.74, 6) is 0. The normalized spacial score (nSPS) is 15.9. The molecule has 1 fully saturated rings. The molecule has 0 atom stereocenters. The molecule has 1 aliphatic rings. The van der Waals surface area contributed by atoms with E-state index in [1.807, 2.05) is 0 Å². The first-order valence-corrected chi connectivity index (χ1v) is 6.96. The summed E-state index contributed by atoms with van der Waals surface area (Å²) in [6.45, 7) is 1.66.